The number of hydrazone groups is 1. The van der Waals surface area contributed by atoms with Gasteiger partial charge in [0.15, 0.2) is 0 Å². The average molecular weight is 312 g/mol. The average Bonchev–Trinajstić information content (AvgIpc) is 3.27. The summed E-state index contributed by atoms with van der Waals surface area (Å²) >= 11 is 0. The van der Waals surface area contributed by atoms with Crippen molar-refractivity contribution >= 4 is 27.7 Å². The van der Waals surface area contributed by atoms with E-state index in [2.05, 4.69) is 59.1 Å². The lowest BCUT2D eigenvalue weighted by atomic mass is 9.98. The molecule has 3 nitrogen and oxygen atoms in total. The maximum Gasteiger partial charge on any atom is 0.144 e. The van der Waals surface area contributed by atoms with E-state index in [0.29, 0.717) is 0 Å². The van der Waals surface area contributed by atoms with Gasteiger partial charge >= 0.3 is 0 Å². The first kappa shape index (κ1) is 13.4. The molecule has 3 heteroatoms. The number of hydrogen-bond donors (Lipinski definition) is 1. The lowest BCUT2D eigenvalue weighted by molar-refractivity contribution is 0.620. The lowest BCUT2D eigenvalue weighted by Crippen LogP contribution is -2.09. The van der Waals surface area contributed by atoms with Crippen LogP contribution in [0.2, 0.25) is 0 Å². The van der Waals surface area contributed by atoms with Crippen LogP contribution < -0.4 is 5.43 Å². The summed E-state index contributed by atoms with van der Waals surface area (Å²) in [6.07, 6.45) is 0.861. The minimum absolute atomic E-state index is 0.223. The Morgan fingerprint density at radius 1 is 0.833 bits per heavy atom. The number of benzene rings is 3. The molecule has 3 aromatic carbocycles. The van der Waals surface area contributed by atoms with Crippen molar-refractivity contribution in [2.45, 2.75) is 12.5 Å². The minimum Gasteiger partial charge on any atom is -0.455 e. The third-order valence-corrected chi connectivity index (χ3v) is 4.67. The highest BCUT2D eigenvalue weighted by atomic mass is 16.3. The normalized spacial score (nSPS) is 17.2. The van der Waals surface area contributed by atoms with Gasteiger partial charge in [-0.05, 0) is 17.7 Å². The Morgan fingerprint density at radius 3 is 2.54 bits per heavy atom. The van der Waals surface area contributed by atoms with E-state index in [0.717, 1.165) is 39.6 Å². The third-order valence-electron chi connectivity index (χ3n) is 4.67. The molecule has 0 radical (unpaired) electrons. The first-order valence-corrected chi connectivity index (χ1v) is 8.18. The van der Waals surface area contributed by atoms with Crippen LogP contribution in [-0.2, 0) is 0 Å². The molecule has 0 aliphatic carbocycles. The van der Waals surface area contributed by atoms with Crippen LogP contribution in [0, 0.1) is 0 Å². The van der Waals surface area contributed by atoms with Gasteiger partial charge in [0.1, 0.15) is 11.2 Å². The van der Waals surface area contributed by atoms with Crippen molar-refractivity contribution in [1.29, 1.82) is 0 Å². The maximum atomic E-state index is 6.13. The van der Waals surface area contributed by atoms with Crippen LogP contribution in [0.5, 0.6) is 0 Å². The highest BCUT2D eigenvalue weighted by molar-refractivity contribution is 6.15. The molecule has 0 amide bonds. The Kier molecular flexibility index (Phi) is 2.92. The van der Waals surface area contributed by atoms with E-state index in [1.807, 2.05) is 24.3 Å². The Morgan fingerprint density at radius 2 is 1.62 bits per heavy atom. The van der Waals surface area contributed by atoms with Crippen molar-refractivity contribution in [1.82, 2.24) is 5.43 Å². The van der Waals surface area contributed by atoms with E-state index in [-0.39, 0.29) is 6.04 Å². The molecule has 2 heterocycles. The Balaban J connectivity index is 1.58. The van der Waals surface area contributed by atoms with Crippen molar-refractivity contribution < 1.29 is 4.42 Å². The van der Waals surface area contributed by atoms with Gasteiger partial charge in [-0.3, -0.25) is 0 Å². The van der Waals surface area contributed by atoms with Gasteiger partial charge in [0.2, 0.25) is 0 Å². The molecule has 116 valence electrons. The van der Waals surface area contributed by atoms with Crippen molar-refractivity contribution in [3.05, 3.63) is 83.9 Å². The van der Waals surface area contributed by atoms with Gasteiger partial charge in [-0.15, -0.1) is 0 Å². The molecule has 1 aliphatic heterocycles. The number of nitrogens with zero attached hydrogens (tertiary/aromatic N) is 1. The summed E-state index contributed by atoms with van der Waals surface area (Å²) in [7, 11) is 0. The third kappa shape index (κ3) is 2.02. The van der Waals surface area contributed by atoms with Crippen LogP contribution in [0.4, 0.5) is 0 Å². The number of furan rings is 1. The highest BCUT2D eigenvalue weighted by Crippen LogP contribution is 2.33. The molecule has 1 atom stereocenters. The largest absolute Gasteiger partial charge is 0.455 e. The zero-order valence-electron chi connectivity index (χ0n) is 13.1. The molecule has 5 rings (SSSR count). The molecule has 0 fully saturated rings. The van der Waals surface area contributed by atoms with Gasteiger partial charge in [0, 0.05) is 22.8 Å². The molecular formula is C21H16N2O. The fraction of sp³-hybridized carbons (Fsp3) is 0.0952. The Bertz CT molecular complexity index is 1060. The van der Waals surface area contributed by atoms with Crippen molar-refractivity contribution in [2.24, 2.45) is 5.10 Å². The summed E-state index contributed by atoms with van der Waals surface area (Å²) in [5.41, 5.74) is 8.50. The fourth-order valence-electron chi connectivity index (χ4n) is 3.46. The highest BCUT2D eigenvalue weighted by Gasteiger charge is 2.23. The van der Waals surface area contributed by atoms with Crippen LogP contribution in [0.3, 0.4) is 0 Å². The summed E-state index contributed by atoms with van der Waals surface area (Å²) in [6.45, 7) is 0. The van der Waals surface area contributed by atoms with Crippen molar-refractivity contribution in [2.75, 3.05) is 0 Å². The second-order valence-corrected chi connectivity index (χ2v) is 6.14. The van der Waals surface area contributed by atoms with Gasteiger partial charge in [-0.25, -0.2) is 0 Å². The summed E-state index contributed by atoms with van der Waals surface area (Å²) < 4.78 is 6.13. The molecule has 1 aliphatic rings. The molecule has 0 bridgehead atoms. The number of fused-ring (bicyclic) bond motifs is 3. The molecular weight excluding hydrogens is 296 g/mol. The minimum atomic E-state index is 0.223. The second kappa shape index (κ2) is 5.24. The van der Waals surface area contributed by atoms with Crippen LogP contribution in [0.25, 0.3) is 21.9 Å². The Labute approximate surface area is 139 Å². The molecule has 1 aromatic heterocycles. The van der Waals surface area contributed by atoms with Gasteiger partial charge in [-0.2, -0.15) is 5.10 Å². The first-order valence-electron chi connectivity index (χ1n) is 8.18. The predicted molar refractivity (Wildman–Crippen MR) is 97.2 cm³/mol. The molecule has 1 N–H and O–H groups in total. The topological polar surface area (TPSA) is 37.5 Å². The standard InChI is InChI=1S/C21H16N2O/c1-2-7-14(8-3-1)18-13-19(23-22-18)17-11-6-10-16-15-9-4-5-12-20(15)24-21(16)17/h1-12,18,22H,13H2. The summed E-state index contributed by atoms with van der Waals surface area (Å²) in [5.74, 6) is 0. The lowest BCUT2D eigenvalue weighted by Gasteiger charge is -2.09. The molecule has 24 heavy (non-hydrogen) atoms. The van der Waals surface area contributed by atoms with E-state index < -0.39 is 0 Å². The van der Waals surface area contributed by atoms with Crippen molar-refractivity contribution in [3.63, 3.8) is 0 Å². The zero-order chi connectivity index (χ0) is 15.9. The number of para-hydroxylation sites is 2. The number of nitrogens with one attached hydrogen (secondary N) is 1. The van der Waals surface area contributed by atoms with Crippen LogP contribution >= 0.6 is 0 Å². The number of hydrogen-bond acceptors (Lipinski definition) is 3. The summed E-state index contributed by atoms with van der Waals surface area (Å²) in [5, 5.41) is 6.89. The predicted octanol–water partition coefficient (Wildman–Crippen LogP) is 5.02. The second-order valence-electron chi connectivity index (χ2n) is 6.14. The van der Waals surface area contributed by atoms with Gasteiger partial charge in [0.25, 0.3) is 0 Å². The first-order chi connectivity index (χ1) is 11.9. The molecule has 0 spiro atoms. The monoisotopic (exact) mass is 312 g/mol. The van der Waals surface area contributed by atoms with E-state index in [1.54, 1.807) is 0 Å². The maximum absolute atomic E-state index is 6.13. The SMILES string of the molecule is c1ccc(C2CC(c3cccc4c3oc3ccccc34)=NN2)cc1. The van der Waals surface area contributed by atoms with E-state index in [1.165, 1.54) is 5.56 Å². The molecule has 4 aromatic rings. The summed E-state index contributed by atoms with van der Waals surface area (Å²) in [4.78, 5) is 0. The fourth-order valence-corrected chi connectivity index (χ4v) is 3.46. The van der Waals surface area contributed by atoms with Crippen molar-refractivity contribution in [3.8, 4) is 0 Å². The van der Waals surface area contributed by atoms with Gasteiger partial charge in [0.05, 0.1) is 11.8 Å². The smallest absolute Gasteiger partial charge is 0.144 e. The van der Waals surface area contributed by atoms with E-state index in [9.17, 15) is 0 Å². The van der Waals surface area contributed by atoms with Crippen LogP contribution in [0.1, 0.15) is 23.6 Å². The summed E-state index contributed by atoms with van der Waals surface area (Å²) in [6, 6.07) is 25.1. The molecule has 1 unspecified atom stereocenters. The number of rotatable bonds is 2. The van der Waals surface area contributed by atoms with Gasteiger partial charge in [-0.1, -0.05) is 60.7 Å². The quantitative estimate of drug-likeness (QED) is 0.564. The van der Waals surface area contributed by atoms with Gasteiger partial charge < -0.3 is 9.84 Å². The van der Waals surface area contributed by atoms with E-state index >= 15 is 0 Å². The van der Waals surface area contributed by atoms with Crippen LogP contribution in [0.15, 0.2) is 82.3 Å². The Hall–Kier alpha value is -3.07. The zero-order valence-corrected chi connectivity index (χ0v) is 13.1. The molecule has 0 saturated carbocycles. The van der Waals surface area contributed by atoms with E-state index in [4.69, 9.17) is 4.42 Å². The van der Waals surface area contributed by atoms with Crippen LogP contribution in [-0.4, -0.2) is 5.71 Å². The molecule has 0 saturated heterocycles.